The highest BCUT2D eigenvalue weighted by atomic mass is 16.5. The summed E-state index contributed by atoms with van der Waals surface area (Å²) < 4.78 is 5.92. The van der Waals surface area contributed by atoms with Gasteiger partial charge in [0.1, 0.15) is 5.75 Å². The number of nitrogens with zero attached hydrogens (tertiary/aromatic N) is 3. The molecule has 0 bridgehead atoms. The Hall–Kier alpha value is -2.12. The molecule has 1 aromatic carbocycles. The molecule has 0 radical (unpaired) electrons. The predicted molar refractivity (Wildman–Crippen MR) is 120 cm³/mol. The third-order valence-corrected chi connectivity index (χ3v) is 6.46. The van der Waals surface area contributed by atoms with Crippen LogP contribution in [0.5, 0.6) is 5.75 Å². The molecule has 2 saturated heterocycles. The summed E-state index contributed by atoms with van der Waals surface area (Å²) in [6.45, 7) is 12.1. The molecule has 0 unspecified atom stereocenters. The zero-order valence-electron chi connectivity index (χ0n) is 19.3. The van der Waals surface area contributed by atoms with E-state index >= 15 is 0 Å². The first-order valence-electron chi connectivity index (χ1n) is 11.3. The summed E-state index contributed by atoms with van der Waals surface area (Å²) in [6.07, 6.45) is 0.817. The van der Waals surface area contributed by atoms with E-state index in [4.69, 9.17) is 4.74 Å². The molecule has 7 heteroatoms. The Bertz CT molecular complexity index is 768. The maximum Gasteiger partial charge on any atom is 0.260 e. The van der Waals surface area contributed by atoms with Crippen molar-refractivity contribution in [2.45, 2.75) is 58.1 Å². The lowest BCUT2D eigenvalue weighted by atomic mass is 9.86. The van der Waals surface area contributed by atoms with Crippen LogP contribution in [0.15, 0.2) is 24.3 Å². The molecule has 0 aliphatic carbocycles. The molecule has 2 atom stereocenters. The molecular formula is C24H37N3O4. The summed E-state index contributed by atoms with van der Waals surface area (Å²) in [5, 5.41) is 10.7. The maximum atomic E-state index is 12.9. The van der Waals surface area contributed by atoms with Gasteiger partial charge in [0.05, 0.1) is 6.10 Å². The summed E-state index contributed by atoms with van der Waals surface area (Å²) in [4.78, 5) is 30.4. The van der Waals surface area contributed by atoms with E-state index in [9.17, 15) is 14.7 Å². The number of aliphatic hydroxyl groups is 1. The van der Waals surface area contributed by atoms with E-state index in [0.29, 0.717) is 32.6 Å². The lowest BCUT2D eigenvalue weighted by Gasteiger charge is -2.40. The van der Waals surface area contributed by atoms with Gasteiger partial charge in [0.15, 0.2) is 6.61 Å². The highest BCUT2D eigenvalue weighted by Gasteiger charge is 2.33. The van der Waals surface area contributed by atoms with Crippen LogP contribution in [-0.4, -0.2) is 89.6 Å². The van der Waals surface area contributed by atoms with Gasteiger partial charge in [-0.05, 0) is 29.9 Å². The van der Waals surface area contributed by atoms with Crippen molar-refractivity contribution < 1.29 is 19.4 Å². The average Bonchev–Trinajstić information content (AvgIpc) is 2.93. The van der Waals surface area contributed by atoms with Gasteiger partial charge in [0, 0.05) is 52.2 Å². The second-order valence-corrected chi connectivity index (χ2v) is 9.67. The Kier molecular flexibility index (Phi) is 7.59. The maximum absolute atomic E-state index is 12.9. The number of para-hydroxylation sites is 1. The Balaban J connectivity index is 1.55. The topological polar surface area (TPSA) is 73.3 Å². The monoisotopic (exact) mass is 431 g/mol. The lowest BCUT2D eigenvalue weighted by Crippen LogP contribution is -2.54. The van der Waals surface area contributed by atoms with Crippen LogP contribution in [0.1, 0.15) is 46.1 Å². The van der Waals surface area contributed by atoms with Crippen molar-refractivity contribution in [3.8, 4) is 5.75 Å². The number of carbonyl (C=O) groups is 2. The van der Waals surface area contributed by atoms with E-state index < -0.39 is 6.10 Å². The Morgan fingerprint density at radius 2 is 1.65 bits per heavy atom. The average molecular weight is 432 g/mol. The van der Waals surface area contributed by atoms with Crippen molar-refractivity contribution in [3.63, 3.8) is 0 Å². The number of amides is 2. The van der Waals surface area contributed by atoms with Crippen LogP contribution in [0.2, 0.25) is 0 Å². The molecule has 2 aliphatic heterocycles. The molecule has 2 aliphatic rings. The first-order chi connectivity index (χ1) is 14.7. The van der Waals surface area contributed by atoms with Gasteiger partial charge in [-0.25, -0.2) is 0 Å². The van der Waals surface area contributed by atoms with Crippen LogP contribution in [0.4, 0.5) is 0 Å². The van der Waals surface area contributed by atoms with Crippen molar-refractivity contribution in [2.75, 3.05) is 45.9 Å². The van der Waals surface area contributed by atoms with Crippen molar-refractivity contribution in [1.82, 2.24) is 14.7 Å². The van der Waals surface area contributed by atoms with Gasteiger partial charge in [-0.3, -0.25) is 14.5 Å². The van der Waals surface area contributed by atoms with E-state index in [1.807, 2.05) is 34.1 Å². The van der Waals surface area contributed by atoms with E-state index in [1.165, 1.54) is 0 Å². The molecule has 0 saturated carbocycles. The first-order valence-corrected chi connectivity index (χ1v) is 11.3. The zero-order chi connectivity index (χ0) is 22.6. The molecule has 1 N–H and O–H groups in total. The summed E-state index contributed by atoms with van der Waals surface area (Å²) in [6, 6.07) is 7.89. The third kappa shape index (κ3) is 5.98. The van der Waals surface area contributed by atoms with Gasteiger partial charge in [0.2, 0.25) is 5.91 Å². The van der Waals surface area contributed by atoms with Gasteiger partial charge < -0.3 is 19.6 Å². The zero-order valence-corrected chi connectivity index (χ0v) is 19.3. The van der Waals surface area contributed by atoms with Crippen molar-refractivity contribution in [2.24, 2.45) is 0 Å². The summed E-state index contributed by atoms with van der Waals surface area (Å²) in [7, 11) is 0. The number of aliphatic hydroxyl groups excluding tert-OH is 1. The van der Waals surface area contributed by atoms with Gasteiger partial charge in [-0.15, -0.1) is 0 Å². The van der Waals surface area contributed by atoms with Crippen LogP contribution in [0.25, 0.3) is 0 Å². The fourth-order valence-electron chi connectivity index (χ4n) is 4.56. The SMILES string of the molecule is CC(=O)N1CCN([C@H]2CCN(C(=O)COc3ccccc3C(C)(C)C)CC[C@@H]2O)CC1. The molecule has 0 spiro atoms. The second kappa shape index (κ2) is 10.0. The van der Waals surface area contributed by atoms with Crippen molar-refractivity contribution >= 4 is 11.8 Å². The number of benzene rings is 1. The van der Waals surface area contributed by atoms with Crippen LogP contribution in [-0.2, 0) is 15.0 Å². The standard InChI is InChI=1S/C24H37N3O4/c1-18(28)25-13-15-26(16-14-25)20-9-11-27(12-10-21(20)29)23(30)17-31-22-8-6-5-7-19(22)24(2,3)4/h5-8,20-21,29H,9-17H2,1-4H3/t20-,21-/m0/s1. The highest BCUT2D eigenvalue weighted by molar-refractivity contribution is 5.78. The number of piperazine rings is 1. The second-order valence-electron chi connectivity index (χ2n) is 9.67. The van der Waals surface area contributed by atoms with Gasteiger partial charge in [-0.2, -0.15) is 0 Å². The molecule has 31 heavy (non-hydrogen) atoms. The van der Waals surface area contributed by atoms with E-state index in [-0.39, 0.29) is 29.9 Å². The fourth-order valence-corrected chi connectivity index (χ4v) is 4.56. The number of hydrogen-bond acceptors (Lipinski definition) is 5. The minimum atomic E-state index is -0.468. The summed E-state index contributed by atoms with van der Waals surface area (Å²) >= 11 is 0. The van der Waals surface area contributed by atoms with Gasteiger partial charge in [0.25, 0.3) is 5.91 Å². The molecular weight excluding hydrogens is 394 g/mol. The molecule has 7 nitrogen and oxygen atoms in total. The number of ether oxygens (including phenoxy) is 1. The van der Waals surface area contributed by atoms with Gasteiger partial charge in [-0.1, -0.05) is 39.0 Å². The summed E-state index contributed by atoms with van der Waals surface area (Å²) in [5.41, 5.74) is 1.02. The van der Waals surface area contributed by atoms with Crippen molar-refractivity contribution in [1.29, 1.82) is 0 Å². The quantitative estimate of drug-likeness (QED) is 0.788. The normalized spacial score (nSPS) is 23.4. The fraction of sp³-hybridized carbons (Fsp3) is 0.667. The molecule has 3 rings (SSSR count). The lowest BCUT2D eigenvalue weighted by molar-refractivity contribution is -0.133. The Morgan fingerprint density at radius 3 is 2.29 bits per heavy atom. The number of hydrogen-bond donors (Lipinski definition) is 1. The van der Waals surface area contributed by atoms with Crippen LogP contribution in [0.3, 0.4) is 0 Å². The third-order valence-electron chi connectivity index (χ3n) is 6.46. The molecule has 0 aromatic heterocycles. The first kappa shape index (κ1) is 23.5. The van der Waals surface area contributed by atoms with Crippen LogP contribution in [0, 0.1) is 0 Å². The van der Waals surface area contributed by atoms with E-state index in [1.54, 1.807) is 6.92 Å². The number of carbonyl (C=O) groups excluding carboxylic acids is 2. The largest absolute Gasteiger partial charge is 0.483 e. The molecule has 2 fully saturated rings. The van der Waals surface area contributed by atoms with Crippen LogP contribution >= 0.6 is 0 Å². The summed E-state index contributed by atoms with van der Waals surface area (Å²) in [5.74, 6) is 0.809. The smallest absolute Gasteiger partial charge is 0.260 e. The van der Waals surface area contributed by atoms with E-state index in [0.717, 1.165) is 30.8 Å². The Labute approximate surface area is 185 Å². The predicted octanol–water partition coefficient (Wildman–Crippen LogP) is 1.88. The molecule has 1 aromatic rings. The molecule has 172 valence electrons. The molecule has 2 heterocycles. The van der Waals surface area contributed by atoms with E-state index in [2.05, 4.69) is 25.7 Å². The van der Waals surface area contributed by atoms with Crippen molar-refractivity contribution in [3.05, 3.63) is 29.8 Å². The van der Waals surface area contributed by atoms with Crippen LogP contribution < -0.4 is 4.74 Å². The van der Waals surface area contributed by atoms with Gasteiger partial charge >= 0.3 is 0 Å². The minimum Gasteiger partial charge on any atom is -0.483 e. The number of likely N-dealkylation sites (tertiary alicyclic amines) is 1. The Morgan fingerprint density at radius 1 is 1.00 bits per heavy atom. The highest BCUT2D eigenvalue weighted by Crippen LogP contribution is 2.31. The number of rotatable bonds is 4. The molecule has 2 amide bonds. The minimum absolute atomic E-state index is 0.00510.